The normalized spacial score (nSPS) is 40.7. The SMILES string of the molecule is CC(=O)NC1C2CCOC2C1(C)C. The summed E-state index contributed by atoms with van der Waals surface area (Å²) in [6.45, 7) is 6.77. The number of fused-ring (bicyclic) bond motifs is 1. The second-order valence-electron chi connectivity index (χ2n) is 4.74. The molecule has 0 aromatic heterocycles. The van der Waals surface area contributed by atoms with Gasteiger partial charge in [-0.2, -0.15) is 0 Å². The van der Waals surface area contributed by atoms with Gasteiger partial charge in [-0.15, -0.1) is 0 Å². The van der Waals surface area contributed by atoms with Gasteiger partial charge in [0.15, 0.2) is 0 Å². The molecule has 1 amide bonds. The number of hydrogen-bond donors (Lipinski definition) is 1. The number of carbonyl (C=O) groups excluding carboxylic acids is 1. The van der Waals surface area contributed by atoms with Crippen LogP contribution >= 0.6 is 0 Å². The van der Waals surface area contributed by atoms with E-state index in [4.69, 9.17) is 4.74 Å². The highest BCUT2D eigenvalue weighted by atomic mass is 16.5. The van der Waals surface area contributed by atoms with Crippen LogP contribution in [-0.2, 0) is 9.53 Å². The van der Waals surface area contributed by atoms with E-state index in [0.717, 1.165) is 13.0 Å². The molecule has 1 aliphatic heterocycles. The lowest BCUT2D eigenvalue weighted by Crippen LogP contribution is -2.66. The predicted molar refractivity (Wildman–Crippen MR) is 49.2 cm³/mol. The molecule has 1 aliphatic carbocycles. The van der Waals surface area contributed by atoms with Crippen molar-refractivity contribution in [2.24, 2.45) is 11.3 Å². The first-order valence-corrected chi connectivity index (χ1v) is 4.92. The summed E-state index contributed by atoms with van der Waals surface area (Å²) in [6.07, 6.45) is 1.46. The zero-order valence-electron chi connectivity index (χ0n) is 8.46. The summed E-state index contributed by atoms with van der Waals surface area (Å²) < 4.78 is 5.63. The summed E-state index contributed by atoms with van der Waals surface area (Å²) >= 11 is 0. The Bertz CT molecular complexity index is 237. The minimum atomic E-state index is 0.0726. The molecule has 0 aromatic rings. The van der Waals surface area contributed by atoms with Gasteiger partial charge in [-0.05, 0) is 6.42 Å². The average molecular weight is 183 g/mol. The van der Waals surface area contributed by atoms with Gasteiger partial charge < -0.3 is 10.1 Å². The fourth-order valence-corrected chi connectivity index (χ4v) is 2.84. The van der Waals surface area contributed by atoms with Crippen molar-refractivity contribution in [1.82, 2.24) is 5.32 Å². The van der Waals surface area contributed by atoms with Gasteiger partial charge in [-0.3, -0.25) is 4.79 Å². The molecule has 0 spiro atoms. The van der Waals surface area contributed by atoms with Crippen LogP contribution in [0.1, 0.15) is 27.2 Å². The molecule has 3 nitrogen and oxygen atoms in total. The maximum absolute atomic E-state index is 11.0. The lowest BCUT2D eigenvalue weighted by atomic mass is 9.57. The third-order valence-corrected chi connectivity index (χ3v) is 3.46. The molecule has 1 saturated heterocycles. The minimum Gasteiger partial charge on any atom is -0.377 e. The van der Waals surface area contributed by atoms with E-state index in [-0.39, 0.29) is 11.3 Å². The topological polar surface area (TPSA) is 38.3 Å². The molecular formula is C10H17NO2. The Morgan fingerprint density at radius 2 is 2.23 bits per heavy atom. The highest BCUT2D eigenvalue weighted by Gasteiger charge is 2.59. The van der Waals surface area contributed by atoms with Crippen LogP contribution in [-0.4, -0.2) is 24.7 Å². The monoisotopic (exact) mass is 183 g/mol. The van der Waals surface area contributed by atoms with Crippen LogP contribution < -0.4 is 5.32 Å². The highest BCUT2D eigenvalue weighted by Crippen LogP contribution is 2.51. The molecule has 2 aliphatic rings. The Kier molecular flexibility index (Phi) is 1.88. The van der Waals surface area contributed by atoms with Crippen molar-refractivity contribution in [3.05, 3.63) is 0 Å². The summed E-state index contributed by atoms with van der Waals surface area (Å²) in [6, 6.07) is 0.317. The predicted octanol–water partition coefficient (Wildman–Crippen LogP) is 0.936. The molecule has 0 bridgehead atoms. The molecular weight excluding hydrogens is 166 g/mol. The lowest BCUT2D eigenvalue weighted by molar-refractivity contribution is -0.136. The number of nitrogens with one attached hydrogen (secondary N) is 1. The molecule has 3 atom stereocenters. The molecule has 1 saturated carbocycles. The maximum Gasteiger partial charge on any atom is 0.217 e. The van der Waals surface area contributed by atoms with Crippen molar-refractivity contribution in [3.63, 3.8) is 0 Å². The average Bonchev–Trinajstić information content (AvgIpc) is 2.45. The molecule has 2 fully saturated rings. The fourth-order valence-electron chi connectivity index (χ4n) is 2.84. The largest absolute Gasteiger partial charge is 0.377 e. The molecule has 2 rings (SSSR count). The van der Waals surface area contributed by atoms with Crippen LogP contribution in [0.15, 0.2) is 0 Å². The second kappa shape index (κ2) is 2.71. The van der Waals surface area contributed by atoms with Gasteiger partial charge in [0.2, 0.25) is 5.91 Å². The van der Waals surface area contributed by atoms with Crippen LogP contribution in [0.5, 0.6) is 0 Å². The van der Waals surface area contributed by atoms with E-state index in [9.17, 15) is 4.79 Å². The van der Waals surface area contributed by atoms with Crippen molar-refractivity contribution < 1.29 is 9.53 Å². The van der Waals surface area contributed by atoms with Crippen LogP contribution in [0.25, 0.3) is 0 Å². The molecule has 74 valence electrons. The number of amides is 1. The minimum absolute atomic E-state index is 0.0726. The van der Waals surface area contributed by atoms with Gasteiger partial charge in [0.25, 0.3) is 0 Å². The summed E-state index contributed by atoms with van der Waals surface area (Å²) in [5.74, 6) is 0.627. The molecule has 3 unspecified atom stereocenters. The van der Waals surface area contributed by atoms with Gasteiger partial charge in [0, 0.05) is 30.9 Å². The number of ether oxygens (including phenoxy) is 1. The Hall–Kier alpha value is -0.570. The third kappa shape index (κ3) is 1.17. The first kappa shape index (κ1) is 9.00. The quantitative estimate of drug-likeness (QED) is 0.657. The van der Waals surface area contributed by atoms with Crippen LogP contribution in [0.3, 0.4) is 0 Å². The van der Waals surface area contributed by atoms with E-state index >= 15 is 0 Å². The first-order chi connectivity index (χ1) is 6.03. The van der Waals surface area contributed by atoms with Gasteiger partial charge in [-0.1, -0.05) is 13.8 Å². The van der Waals surface area contributed by atoms with E-state index in [1.165, 1.54) is 0 Å². The molecule has 1 N–H and O–H groups in total. The molecule has 0 radical (unpaired) electrons. The van der Waals surface area contributed by atoms with Crippen molar-refractivity contribution in [2.45, 2.75) is 39.3 Å². The van der Waals surface area contributed by atoms with E-state index in [0.29, 0.717) is 18.1 Å². The smallest absolute Gasteiger partial charge is 0.217 e. The summed E-state index contributed by atoms with van der Waals surface area (Å²) in [7, 11) is 0. The number of carbonyl (C=O) groups is 1. The second-order valence-corrected chi connectivity index (χ2v) is 4.74. The highest BCUT2D eigenvalue weighted by molar-refractivity contribution is 5.73. The van der Waals surface area contributed by atoms with Crippen molar-refractivity contribution in [3.8, 4) is 0 Å². The lowest BCUT2D eigenvalue weighted by Gasteiger charge is -2.54. The van der Waals surface area contributed by atoms with Crippen LogP contribution in [0.4, 0.5) is 0 Å². The first-order valence-electron chi connectivity index (χ1n) is 4.92. The van der Waals surface area contributed by atoms with Crippen molar-refractivity contribution in [2.75, 3.05) is 6.61 Å². The summed E-state index contributed by atoms with van der Waals surface area (Å²) in [4.78, 5) is 11.0. The van der Waals surface area contributed by atoms with Crippen molar-refractivity contribution in [1.29, 1.82) is 0 Å². The Labute approximate surface area is 78.8 Å². The van der Waals surface area contributed by atoms with E-state index < -0.39 is 0 Å². The summed E-state index contributed by atoms with van der Waals surface area (Å²) in [5.41, 5.74) is 0.118. The van der Waals surface area contributed by atoms with Gasteiger partial charge in [-0.25, -0.2) is 0 Å². The third-order valence-electron chi connectivity index (χ3n) is 3.46. The van der Waals surface area contributed by atoms with Crippen LogP contribution in [0, 0.1) is 11.3 Å². The van der Waals surface area contributed by atoms with Crippen molar-refractivity contribution >= 4 is 5.91 Å². The van der Waals surface area contributed by atoms with E-state index in [1.54, 1.807) is 6.92 Å². The number of rotatable bonds is 1. The summed E-state index contributed by atoms with van der Waals surface area (Å²) in [5, 5.41) is 3.02. The van der Waals surface area contributed by atoms with E-state index in [1.807, 2.05) is 0 Å². The number of hydrogen-bond acceptors (Lipinski definition) is 2. The van der Waals surface area contributed by atoms with Gasteiger partial charge >= 0.3 is 0 Å². The Morgan fingerprint density at radius 1 is 1.54 bits per heavy atom. The standard InChI is InChI=1S/C10H17NO2/c1-6(12)11-8-7-4-5-13-9(7)10(8,2)3/h7-9H,4-5H2,1-3H3,(H,11,12). The molecule has 0 aromatic carbocycles. The fraction of sp³-hybridized carbons (Fsp3) is 0.900. The zero-order valence-corrected chi connectivity index (χ0v) is 8.46. The molecule has 1 heterocycles. The zero-order chi connectivity index (χ0) is 9.64. The van der Waals surface area contributed by atoms with Crippen LogP contribution in [0.2, 0.25) is 0 Å². The maximum atomic E-state index is 11.0. The Morgan fingerprint density at radius 3 is 2.85 bits per heavy atom. The van der Waals surface area contributed by atoms with Gasteiger partial charge in [0.1, 0.15) is 0 Å². The molecule has 3 heteroatoms. The Balaban J connectivity index is 2.07. The van der Waals surface area contributed by atoms with E-state index in [2.05, 4.69) is 19.2 Å². The van der Waals surface area contributed by atoms with Gasteiger partial charge in [0.05, 0.1) is 6.10 Å². The molecule has 13 heavy (non-hydrogen) atoms.